The summed E-state index contributed by atoms with van der Waals surface area (Å²) in [6, 6.07) is 1.52. The minimum absolute atomic E-state index is 0.0350. The number of hydrogen-bond acceptors (Lipinski definition) is 6. The van der Waals surface area contributed by atoms with Crippen molar-refractivity contribution >= 4 is 15.9 Å². The van der Waals surface area contributed by atoms with Gasteiger partial charge in [-0.25, -0.2) is 8.42 Å². The van der Waals surface area contributed by atoms with Crippen LogP contribution in [0.4, 0.5) is 0 Å². The first-order valence-corrected chi connectivity index (χ1v) is 12.4. The van der Waals surface area contributed by atoms with Crippen LogP contribution < -0.4 is 10.6 Å². The highest BCUT2D eigenvalue weighted by molar-refractivity contribution is 7.89. The number of nitrogens with zero attached hydrogens (tertiary/aromatic N) is 2. The molecule has 3 heterocycles. The molecule has 3 atom stereocenters. The van der Waals surface area contributed by atoms with Gasteiger partial charge < -0.3 is 15.2 Å². The van der Waals surface area contributed by atoms with Crippen molar-refractivity contribution in [2.75, 3.05) is 25.4 Å². The first kappa shape index (κ1) is 20.8. The van der Waals surface area contributed by atoms with E-state index >= 15 is 0 Å². The Morgan fingerprint density at radius 3 is 2.69 bits per heavy atom. The largest absolute Gasteiger partial charge is 0.360 e. The first-order chi connectivity index (χ1) is 13.8. The Labute approximate surface area is 172 Å². The fourth-order valence-electron chi connectivity index (χ4n) is 4.54. The summed E-state index contributed by atoms with van der Waals surface area (Å²) < 4.78 is 33.0. The Morgan fingerprint density at radius 2 is 2.00 bits per heavy atom. The number of carbonyl (C=O) groups is 1. The number of carbonyl (C=O) groups excluding carboxylic acids is 1. The van der Waals surface area contributed by atoms with Gasteiger partial charge in [0.2, 0.25) is 10.0 Å². The van der Waals surface area contributed by atoms with Crippen molar-refractivity contribution in [2.45, 2.75) is 64.0 Å². The van der Waals surface area contributed by atoms with Gasteiger partial charge in [-0.15, -0.1) is 0 Å². The fraction of sp³-hybridized carbons (Fsp3) is 0.800. The monoisotopic (exact) mass is 424 g/mol. The molecular formula is C20H32N4O4S. The molecule has 0 radical (unpaired) electrons. The van der Waals surface area contributed by atoms with E-state index in [9.17, 15) is 13.2 Å². The summed E-state index contributed by atoms with van der Waals surface area (Å²) in [5.41, 5.74) is 0.313. The predicted molar refractivity (Wildman–Crippen MR) is 109 cm³/mol. The molecule has 1 aliphatic carbocycles. The summed E-state index contributed by atoms with van der Waals surface area (Å²) in [5, 5.41) is 10.2. The maximum atomic E-state index is 13.0. The number of rotatable bonds is 6. The summed E-state index contributed by atoms with van der Waals surface area (Å²) in [6.45, 7) is 6.16. The summed E-state index contributed by atoms with van der Waals surface area (Å²) in [5.74, 6) is 1.45. The normalized spacial score (nSPS) is 29.7. The average Bonchev–Trinajstić information content (AvgIpc) is 3.41. The molecule has 0 aromatic carbocycles. The maximum absolute atomic E-state index is 13.0. The van der Waals surface area contributed by atoms with Gasteiger partial charge >= 0.3 is 0 Å². The van der Waals surface area contributed by atoms with Crippen molar-refractivity contribution in [2.24, 2.45) is 11.8 Å². The van der Waals surface area contributed by atoms with Gasteiger partial charge in [0.25, 0.3) is 5.91 Å². The van der Waals surface area contributed by atoms with Crippen LogP contribution in [0.3, 0.4) is 0 Å². The Balaban J connectivity index is 1.35. The maximum Gasteiger partial charge on any atom is 0.273 e. The van der Waals surface area contributed by atoms with Gasteiger partial charge in [-0.05, 0) is 64.0 Å². The molecule has 162 valence electrons. The molecule has 4 rings (SSSR count). The van der Waals surface area contributed by atoms with Gasteiger partial charge in [0.05, 0.1) is 5.75 Å². The van der Waals surface area contributed by atoms with Gasteiger partial charge in [-0.3, -0.25) is 4.79 Å². The Kier molecular flexibility index (Phi) is 5.99. The van der Waals surface area contributed by atoms with Crippen LogP contribution in [0.5, 0.6) is 0 Å². The summed E-state index contributed by atoms with van der Waals surface area (Å²) in [6.07, 6.45) is 4.61. The zero-order chi connectivity index (χ0) is 20.6. The van der Waals surface area contributed by atoms with E-state index in [0.717, 1.165) is 44.5 Å². The van der Waals surface area contributed by atoms with E-state index < -0.39 is 10.0 Å². The van der Waals surface area contributed by atoms with Crippen molar-refractivity contribution in [1.82, 2.24) is 20.1 Å². The molecule has 2 saturated heterocycles. The number of amides is 1. The van der Waals surface area contributed by atoms with Crippen LogP contribution in [0, 0.1) is 11.8 Å². The third kappa shape index (κ3) is 4.83. The van der Waals surface area contributed by atoms with Crippen molar-refractivity contribution in [3.8, 4) is 0 Å². The first-order valence-electron chi connectivity index (χ1n) is 10.8. The van der Waals surface area contributed by atoms with Crippen molar-refractivity contribution < 1.29 is 17.7 Å². The summed E-state index contributed by atoms with van der Waals surface area (Å²) in [7, 11) is -3.30. The van der Waals surface area contributed by atoms with E-state index in [4.69, 9.17) is 4.52 Å². The fourth-order valence-corrected chi connectivity index (χ4v) is 6.76. The van der Waals surface area contributed by atoms with Crippen LogP contribution in [-0.4, -0.2) is 61.3 Å². The zero-order valence-electron chi connectivity index (χ0n) is 17.3. The quantitative estimate of drug-likeness (QED) is 0.720. The highest BCUT2D eigenvalue weighted by Crippen LogP contribution is 2.40. The highest BCUT2D eigenvalue weighted by Gasteiger charge is 2.39. The SMILES string of the molecule is C[C@@H]1CN(S(=O)(=O)CC2CCNCC2)[C@H](C)C[C@@H]1NC(=O)c1cc(C2CC2)on1. The van der Waals surface area contributed by atoms with E-state index in [2.05, 4.69) is 15.8 Å². The molecule has 1 aromatic heterocycles. The lowest BCUT2D eigenvalue weighted by Gasteiger charge is -2.41. The Bertz CT molecular complexity index is 829. The highest BCUT2D eigenvalue weighted by atomic mass is 32.2. The minimum Gasteiger partial charge on any atom is -0.360 e. The van der Waals surface area contributed by atoms with E-state index in [-0.39, 0.29) is 35.6 Å². The molecule has 2 N–H and O–H groups in total. The third-order valence-electron chi connectivity index (χ3n) is 6.56. The molecule has 29 heavy (non-hydrogen) atoms. The molecular weight excluding hydrogens is 392 g/mol. The van der Waals surface area contributed by atoms with E-state index in [0.29, 0.717) is 24.6 Å². The lowest BCUT2D eigenvalue weighted by molar-refractivity contribution is 0.0870. The van der Waals surface area contributed by atoms with Crippen LogP contribution in [0.1, 0.15) is 68.1 Å². The molecule has 0 bridgehead atoms. The second-order valence-electron chi connectivity index (χ2n) is 9.07. The van der Waals surface area contributed by atoms with Crippen LogP contribution >= 0.6 is 0 Å². The number of sulfonamides is 1. The van der Waals surface area contributed by atoms with Gasteiger partial charge in [-0.2, -0.15) is 4.31 Å². The Morgan fingerprint density at radius 1 is 1.28 bits per heavy atom. The average molecular weight is 425 g/mol. The second-order valence-corrected chi connectivity index (χ2v) is 11.0. The summed E-state index contributed by atoms with van der Waals surface area (Å²) >= 11 is 0. The molecule has 9 heteroatoms. The van der Waals surface area contributed by atoms with Crippen molar-refractivity contribution in [3.05, 3.63) is 17.5 Å². The molecule has 0 unspecified atom stereocenters. The second kappa shape index (κ2) is 8.35. The van der Waals surface area contributed by atoms with E-state index in [1.807, 2.05) is 13.8 Å². The van der Waals surface area contributed by atoms with Crippen LogP contribution in [-0.2, 0) is 10.0 Å². The smallest absolute Gasteiger partial charge is 0.273 e. The number of piperidine rings is 2. The van der Waals surface area contributed by atoms with E-state index in [1.54, 1.807) is 10.4 Å². The molecule has 1 saturated carbocycles. The molecule has 3 aliphatic rings. The standard InChI is InChI=1S/C20H32N4O4S/c1-13-11-24(29(26,27)12-15-5-7-21-8-6-15)14(2)9-17(13)22-20(25)18-10-19(28-23-18)16-3-4-16/h10,13-17,21H,3-9,11-12H2,1-2H3,(H,22,25)/t13-,14-,17+/m1/s1. The molecule has 1 aromatic rings. The molecule has 8 nitrogen and oxygen atoms in total. The van der Waals surface area contributed by atoms with Gasteiger partial charge in [-0.1, -0.05) is 12.1 Å². The van der Waals surface area contributed by atoms with Crippen LogP contribution in [0.25, 0.3) is 0 Å². The minimum atomic E-state index is -3.30. The van der Waals surface area contributed by atoms with Gasteiger partial charge in [0, 0.05) is 30.6 Å². The molecule has 3 fully saturated rings. The summed E-state index contributed by atoms with van der Waals surface area (Å²) in [4.78, 5) is 12.6. The lowest BCUT2D eigenvalue weighted by Crippen LogP contribution is -2.56. The zero-order valence-corrected chi connectivity index (χ0v) is 18.1. The number of hydrogen-bond donors (Lipinski definition) is 2. The molecule has 2 aliphatic heterocycles. The molecule has 0 spiro atoms. The van der Waals surface area contributed by atoms with Crippen LogP contribution in [0.15, 0.2) is 10.6 Å². The molecule has 1 amide bonds. The lowest BCUT2D eigenvalue weighted by atomic mass is 9.91. The van der Waals surface area contributed by atoms with Crippen molar-refractivity contribution in [3.63, 3.8) is 0 Å². The predicted octanol–water partition coefficient (Wildman–Crippen LogP) is 1.71. The number of nitrogens with one attached hydrogen (secondary N) is 2. The van der Waals surface area contributed by atoms with E-state index in [1.165, 1.54) is 0 Å². The van der Waals surface area contributed by atoms with Crippen LogP contribution in [0.2, 0.25) is 0 Å². The van der Waals surface area contributed by atoms with Crippen molar-refractivity contribution in [1.29, 1.82) is 0 Å². The topological polar surface area (TPSA) is 105 Å². The third-order valence-corrected chi connectivity index (χ3v) is 8.68. The van der Waals surface area contributed by atoms with Gasteiger partial charge in [0.1, 0.15) is 5.76 Å². The Hall–Kier alpha value is -1.45. The number of aromatic nitrogens is 1. The van der Waals surface area contributed by atoms with Gasteiger partial charge in [0.15, 0.2) is 5.69 Å².